The molecule has 3 nitrogen and oxygen atoms in total. The molecule has 1 rings (SSSR count). The molecule has 1 unspecified atom stereocenters. The first-order valence-corrected chi connectivity index (χ1v) is 7.20. The predicted molar refractivity (Wildman–Crippen MR) is 72.0 cm³/mol. The van der Waals surface area contributed by atoms with Crippen molar-refractivity contribution in [3.05, 3.63) is 0 Å². The molecule has 1 N–H and O–H groups in total. The average molecular weight is 240 g/mol. The monoisotopic (exact) mass is 240 g/mol. The van der Waals surface area contributed by atoms with Crippen molar-refractivity contribution in [3.63, 3.8) is 0 Å². The molecule has 0 aromatic carbocycles. The van der Waals surface area contributed by atoms with Gasteiger partial charge < -0.3 is 10.2 Å². The van der Waals surface area contributed by atoms with E-state index < -0.39 is 0 Å². The maximum absolute atomic E-state index is 11.9. The van der Waals surface area contributed by atoms with Crippen LogP contribution in [0.4, 0.5) is 0 Å². The molecule has 1 aliphatic carbocycles. The lowest BCUT2D eigenvalue weighted by atomic mass is 9.84. The van der Waals surface area contributed by atoms with Crippen molar-refractivity contribution in [2.75, 3.05) is 19.6 Å². The van der Waals surface area contributed by atoms with E-state index in [1.807, 2.05) is 18.7 Å². The van der Waals surface area contributed by atoms with Crippen LogP contribution in [-0.2, 0) is 4.79 Å². The molecule has 1 saturated carbocycles. The summed E-state index contributed by atoms with van der Waals surface area (Å²) in [5, 5.41) is 3.41. The summed E-state index contributed by atoms with van der Waals surface area (Å²) in [5.74, 6) is 1.01. The highest BCUT2D eigenvalue weighted by Crippen LogP contribution is 2.26. The smallest absolute Gasteiger partial charge is 0.236 e. The number of amides is 1. The van der Waals surface area contributed by atoms with E-state index in [-0.39, 0.29) is 5.91 Å². The highest BCUT2D eigenvalue weighted by Gasteiger charge is 2.20. The minimum Gasteiger partial charge on any atom is -0.342 e. The van der Waals surface area contributed by atoms with Crippen molar-refractivity contribution in [2.45, 2.75) is 58.9 Å². The Bertz CT molecular complexity index is 220. The number of carbonyl (C=O) groups is 1. The quantitative estimate of drug-likeness (QED) is 0.773. The number of hydrogen-bond donors (Lipinski definition) is 1. The zero-order chi connectivity index (χ0) is 12.7. The largest absolute Gasteiger partial charge is 0.342 e. The fraction of sp³-hybridized carbons (Fsp3) is 0.929. The number of nitrogens with zero attached hydrogens (tertiary/aromatic N) is 1. The topological polar surface area (TPSA) is 32.3 Å². The Morgan fingerprint density at radius 2 is 1.82 bits per heavy atom. The van der Waals surface area contributed by atoms with Crippen LogP contribution in [0.15, 0.2) is 0 Å². The molecule has 0 aliphatic heterocycles. The van der Waals surface area contributed by atoms with Crippen molar-refractivity contribution in [1.82, 2.24) is 10.2 Å². The first-order chi connectivity index (χ1) is 8.19. The average Bonchev–Trinajstić information content (AvgIpc) is 2.38. The second-order valence-corrected chi connectivity index (χ2v) is 5.13. The van der Waals surface area contributed by atoms with Crippen LogP contribution >= 0.6 is 0 Å². The highest BCUT2D eigenvalue weighted by molar-refractivity contribution is 5.78. The van der Waals surface area contributed by atoms with Crippen LogP contribution in [0.5, 0.6) is 0 Å². The van der Waals surface area contributed by atoms with Crippen molar-refractivity contribution in [3.8, 4) is 0 Å². The van der Waals surface area contributed by atoms with E-state index in [9.17, 15) is 4.79 Å². The Kier molecular flexibility index (Phi) is 6.56. The lowest BCUT2D eigenvalue weighted by Gasteiger charge is -2.29. The number of likely N-dealkylation sites (N-methyl/N-ethyl adjacent to an activating group) is 1. The molecule has 1 atom stereocenters. The zero-order valence-corrected chi connectivity index (χ0v) is 11.7. The SMILES string of the molecule is CCN(CC)C(=O)CNC(C)C1CCCCC1. The molecule has 0 aromatic rings. The van der Waals surface area contributed by atoms with Gasteiger partial charge in [-0.05, 0) is 39.5 Å². The van der Waals surface area contributed by atoms with Crippen LogP contribution in [0.25, 0.3) is 0 Å². The van der Waals surface area contributed by atoms with Crippen molar-refractivity contribution < 1.29 is 4.79 Å². The summed E-state index contributed by atoms with van der Waals surface area (Å²) in [6.45, 7) is 8.42. The highest BCUT2D eigenvalue weighted by atomic mass is 16.2. The molecule has 0 aromatic heterocycles. The molecule has 17 heavy (non-hydrogen) atoms. The predicted octanol–water partition coefficient (Wildman–Crippen LogP) is 2.41. The normalized spacial score (nSPS) is 19.0. The van der Waals surface area contributed by atoms with Gasteiger partial charge in [0.15, 0.2) is 0 Å². The van der Waals surface area contributed by atoms with Gasteiger partial charge in [-0.1, -0.05) is 19.3 Å². The Hall–Kier alpha value is -0.570. The Morgan fingerprint density at radius 1 is 1.24 bits per heavy atom. The number of carbonyl (C=O) groups excluding carboxylic acids is 1. The molecule has 1 amide bonds. The lowest BCUT2D eigenvalue weighted by Crippen LogP contribution is -2.43. The maximum atomic E-state index is 11.9. The number of nitrogens with one attached hydrogen (secondary N) is 1. The minimum atomic E-state index is 0.234. The molecule has 100 valence electrons. The van der Waals surface area contributed by atoms with Gasteiger partial charge in [0.1, 0.15) is 0 Å². The summed E-state index contributed by atoms with van der Waals surface area (Å²) in [4.78, 5) is 13.7. The van der Waals surface area contributed by atoms with Gasteiger partial charge in [-0.15, -0.1) is 0 Å². The van der Waals surface area contributed by atoms with Gasteiger partial charge in [0.25, 0.3) is 0 Å². The summed E-state index contributed by atoms with van der Waals surface area (Å²) in [6, 6.07) is 0.481. The third-order valence-electron chi connectivity index (χ3n) is 4.05. The van der Waals surface area contributed by atoms with Crippen LogP contribution in [0.3, 0.4) is 0 Å². The first-order valence-electron chi connectivity index (χ1n) is 7.20. The minimum absolute atomic E-state index is 0.234. The number of hydrogen-bond acceptors (Lipinski definition) is 2. The van der Waals surface area contributed by atoms with Crippen molar-refractivity contribution >= 4 is 5.91 Å². The standard InChI is InChI=1S/C14H28N2O/c1-4-16(5-2)14(17)11-15-12(3)13-9-7-6-8-10-13/h12-13,15H,4-11H2,1-3H3. The van der Waals surface area contributed by atoms with Gasteiger partial charge in [0.05, 0.1) is 6.54 Å². The van der Waals surface area contributed by atoms with Gasteiger partial charge in [-0.25, -0.2) is 0 Å². The number of rotatable bonds is 6. The molecule has 0 spiro atoms. The Morgan fingerprint density at radius 3 is 2.35 bits per heavy atom. The van der Waals surface area contributed by atoms with E-state index in [4.69, 9.17) is 0 Å². The van der Waals surface area contributed by atoms with Crippen LogP contribution in [0.1, 0.15) is 52.9 Å². The maximum Gasteiger partial charge on any atom is 0.236 e. The van der Waals surface area contributed by atoms with Gasteiger partial charge in [-0.2, -0.15) is 0 Å². The summed E-state index contributed by atoms with van der Waals surface area (Å²) >= 11 is 0. The molecule has 0 bridgehead atoms. The van der Waals surface area contributed by atoms with Crippen molar-refractivity contribution in [1.29, 1.82) is 0 Å². The van der Waals surface area contributed by atoms with Gasteiger partial charge in [0, 0.05) is 19.1 Å². The molecular weight excluding hydrogens is 212 g/mol. The van der Waals surface area contributed by atoms with Crippen LogP contribution < -0.4 is 5.32 Å². The summed E-state index contributed by atoms with van der Waals surface area (Å²) < 4.78 is 0. The Balaban J connectivity index is 2.26. The zero-order valence-electron chi connectivity index (χ0n) is 11.7. The fourth-order valence-electron chi connectivity index (χ4n) is 2.74. The molecule has 3 heteroatoms. The van der Waals surface area contributed by atoms with E-state index in [0.717, 1.165) is 19.0 Å². The van der Waals surface area contributed by atoms with Crippen molar-refractivity contribution in [2.24, 2.45) is 5.92 Å². The molecule has 1 aliphatic rings. The van der Waals surface area contributed by atoms with Gasteiger partial charge in [-0.3, -0.25) is 4.79 Å². The van der Waals surface area contributed by atoms with E-state index in [1.165, 1.54) is 32.1 Å². The van der Waals surface area contributed by atoms with Crippen LogP contribution in [0.2, 0.25) is 0 Å². The molecule has 0 heterocycles. The molecule has 1 fully saturated rings. The molecule has 0 radical (unpaired) electrons. The molecule has 0 saturated heterocycles. The van der Waals surface area contributed by atoms with E-state index in [2.05, 4.69) is 12.2 Å². The van der Waals surface area contributed by atoms with Crippen LogP contribution in [0, 0.1) is 5.92 Å². The van der Waals surface area contributed by atoms with Gasteiger partial charge in [0.2, 0.25) is 5.91 Å². The fourth-order valence-corrected chi connectivity index (χ4v) is 2.74. The second-order valence-electron chi connectivity index (χ2n) is 5.13. The van der Waals surface area contributed by atoms with E-state index in [0.29, 0.717) is 12.6 Å². The summed E-state index contributed by atoms with van der Waals surface area (Å²) in [7, 11) is 0. The Labute approximate surface area is 106 Å². The third-order valence-corrected chi connectivity index (χ3v) is 4.05. The summed E-state index contributed by atoms with van der Waals surface area (Å²) in [5.41, 5.74) is 0. The van der Waals surface area contributed by atoms with Gasteiger partial charge >= 0.3 is 0 Å². The molecular formula is C14H28N2O. The summed E-state index contributed by atoms with van der Waals surface area (Å²) in [6.07, 6.45) is 6.77. The third kappa shape index (κ3) is 4.66. The lowest BCUT2D eigenvalue weighted by molar-refractivity contribution is -0.130. The van der Waals surface area contributed by atoms with E-state index in [1.54, 1.807) is 0 Å². The van der Waals surface area contributed by atoms with E-state index >= 15 is 0 Å². The van der Waals surface area contributed by atoms with Crippen LogP contribution in [-0.4, -0.2) is 36.5 Å². The first kappa shape index (κ1) is 14.5. The second kappa shape index (κ2) is 7.70.